The molecule has 1 saturated heterocycles. The summed E-state index contributed by atoms with van der Waals surface area (Å²) in [4.78, 5) is 2.47. The van der Waals surface area contributed by atoms with E-state index in [1.807, 2.05) is 0 Å². The standard InChI is InChI=1S/C28H30N2/c1-22-8-13-25(14-9-22)26-7-5-6-23(20-26)10-15-27(29)21-24-11-16-28(17-12-24)30-18-3-2-4-19-30/h5-9,11-14,16-17,23,29H,2-4,18-21H2,1H3. The normalized spacial score (nSPS) is 18.4. The van der Waals surface area contributed by atoms with E-state index < -0.39 is 0 Å². The van der Waals surface area contributed by atoms with E-state index in [0.717, 1.165) is 25.1 Å². The van der Waals surface area contributed by atoms with Crippen LogP contribution in [0.5, 0.6) is 0 Å². The molecule has 2 nitrogen and oxygen atoms in total. The fourth-order valence-corrected chi connectivity index (χ4v) is 4.16. The van der Waals surface area contributed by atoms with Crippen LogP contribution in [0, 0.1) is 30.1 Å². The Morgan fingerprint density at radius 3 is 2.47 bits per heavy atom. The van der Waals surface area contributed by atoms with Gasteiger partial charge in [0.15, 0.2) is 0 Å². The Bertz CT molecular complexity index is 991. The monoisotopic (exact) mass is 394 g/mol. The molecule has 1 aliphatic heterocycles. The van der Waals surface area contributed by atoms with Crippen molar-refractivity contribution in [2.45, 2.75) is 39.0 Å². The van der Waals surface area contributed by atoms with Crippen molar-refractivity contribution in [1.29, 1.82) is 5.41 Å². The van der Waals surface area contributed by atoms with Crippen LogP contribution in [-0.4, -0.2) is 18.8 Å². The molecule has 1 heterocycles. The van der Waals surface area contributed by atoms with E-state index in [2.05, 4.69) is 90.4 Å². The summed E-state index contributed by atoms with van der Waals surface area (Å²) in [6.07, 6.45) is 11.9. The maximum Gasteiger partial charge on any atom is 0.0853 e. The van der Waals surface area contributed by atoms with Gasteiger partial charge in [0.1, 0.15) is 0 Å². The summed E-state index contributed by atoms with van der Waals surface area (Å²) in [6.45, 7) is 4.43. The third-order valence-corrected chi connectivity index (χ3v) is 5.95. The van der Waals surface area contributed by atoms with E-state index in [9.17, 15) is 0 Å². The topological polar surface area (TPSA) is 27.1 Å². The second-order valence-corrected chi connectivity index (χ2v) is 8.39. The molecule has 4 rings (SSSR count). The zero-order valence-electron chi connectivity index (χ0n) is 17.8. The van der Waals surface area contributed by atoms with Crippen molar-refractivity contribution in [1.82, 2.24) is 0 Å². The lowest BCUT2D eigenvalue weighted by Crippen LogP contribution is -2.29. The lowest BCUT2D eigenvalue weighted by Gasteiger charge is -2.28. The Labute approximate surface area is 180 Å². The maximum absolute atomic E-state index is 8.31. The number of nitrogens with zero attached hydrogens (tertiary/aromatic N) is 1. The minimum atomic E-state index is 0.174. The number of piperidine rings is 1. The first kappa shape index (κ1) is 20.2. The SMILES string of the molecule is Cc1ccc(C2=CC=CC(C#CC(=N)Cc3ccc(N4CCCCC4)cc3)C2)cc1. The van der Waals surface area contributed by atoms with Gasteiger partial charge in [0, 0.05) is 31.1 Å². The average molecular weight is 395 g/mol. The summed E-state index contributed by atoms with van der Waals surface area (Å²) in [5.74, 6) is 6.58. The van der Waals surface area contributed by atoms with Crippen molar-refractivity contribution in [3.8, 4) is 11.8 Å². The van der Waals surface area contributed by atoms with Crippen LogP contribution in [0.1, 0.15) is 42.4 Å². The van der Waals surface area contributed by atoms with Crippen molar-refractivity contribution < 1.29 is 0 Å². The van der Waals surface area contributed by atoms with Gasteiger partial charge in [-0.2, -0.15) is 0 Å². The van der Waals surface area contributed by atoms with Crippen molar-refractivity contribution in [2.75, 3.05) is 18.0 Å². The zero-order valence-corrected chi connectivity index (χ0v) is 17.8. The van der Waals surface area contributed by atoms with Crippen molar-refractivity contribution in [3.05, 3.63) is 83.4 Å². The second-order valence-electron chi connectivity index (χ2n) is 8.39. The minimum Gasteiger partial charge on any atom is -0.372 e. The van der Waals surface area contributed by atoms with Crippen LogP contribution < -0.4 is 4.90 Å². The van der Waals surface area contributed by atoms with E-state index in [1.54, 1.807) is 0 Å². The van der Waals surface area contributed by atoms with Crippen LogP contribution >= 0.6 is 0 Å². The van der Waals surface area contributed by atoms with Gasteiger partial charge < -0.3 is 4.90 Å². The van der Waals surface area contributed by atoms with Gasteiger partial charge in [-0.3, -0.25) is 5.41 Å². The van der Waals surface area contributed by atoms with Gasteiger partial charge in [-0.1, -0.05) is 72.0 Å². The molecule has 1 unspecified atom stereocenters. The largest absolute Gasteiger partial charge is 0.372 e. The highest BCUT2D eigenvalue weighted by molar-refractivity contribution is 5.99. The van der Waals surface area contributed by atoms with Gasteiger partial charge >= 0.3 is 0 Å². The quantitative estimate of drug-likeness (QED) is 0.484. The molecule has 1 atom stereocenters. The maximum atomic E-state index is 8.31. The summed E-state index contributed by atoms with van der Waals surface area (Å²) in [5, 5.41) is 8.31. The predicted molar refractivity (Wildman–Crippen MR) is 128 cm³/mol. The van der Waals surface area contributed by atoms with Crippen LogP contribution in [0.15, 0.2) is 66.8 Å². The second kappa shape index (κ2) is 9.63. The summed E-state index contributed by atoms with van der Waals surface area (Å²) in [6, 6.07) is 17.4. The third-order valence-electron chi connectivity index (χ3n) is 5.95. The van der Waals surface area contributed by atoms with Crippen LogP contribution in [0.2, 0.25) is 0 Å². The Morgan fingerprint density at radius 1 is 1.00 bits per heavy atom. The molecule has 0 spiro atoms. The molecule has 2 aromatic carbocycles. The highest BCUT2D eigenvalue weighted by atomic mass is 15.1. The number of benzene rings is 2. The van der Waals surface area contributed by atoms with E-state index in [4.69, 9.17) is 5.41 Å². The molecule has 2 aromatic rings. The zero-order chi connectivity index (χ0) is 20.8. The van der Waals surface area contributed by atoms with Crippen LogP contribution in [0.25, 0.3) is 5.57 Å². The first-order valence-corrected chi connectivity index (χ1v) is 11.0. The van der Waals surface area contributed by atoms with Gasteiger partial charge in [0.2, 0.25) is 0 Å². The van der Waals surface area contributed by atoms with Gasteiger partial charge in [0.05, 0.1) is 5.71 Å². The predicted octanol–water partition coefficient (Wildman–Crippen LogP) is 6.21. The number of hydrogen-bond acceptors (Lipinski definition) is 2. The molecule has 1 aliphatic carbocycles. The average Bonchev–Trinajstić information content (AvgIpc) is 2.79. The number of allylic oxidation sites excluding steroid dienone is 4. The molecular formula is C28H30N2. The Balaban J connectivity index is 1.33. The molecule has 1 fully saturated rings. The molecule has 2 heteroatoms. The van der Waals surface area contributed by atoms with E-state index in [-0.39, 0.29) is 5.92 Å². The number of nitrogens with one attached hydrogen (secondary N) is 1. The first-order valence-electron chi connectivity index (χ1n) is 11.0. The molecule has 0 amide bonds. The lowest BCUT2D eigenvalue weighted by molar-refractivity contribution is 0.578. The number of anilines is 1. The van der Waals surface area contributed by atoms with Crippen LogP contribution in [0.3, 0.4) is 0 Å². The Hall–Kier alpha value is -3.05. The number of hydrogen-bond donors (Lipinski definition) is 1. The van der Waals surface area contributed by atoms with Crippen LogP contribution in [0.4, 0.5) is 5.69 Å². The number of rotatable bonds is 4. The van der Waals surface area contributed by atoms with Gasteiger partial charge in [-0.05, 0) is 61.4 Å². The lowest BCUT2D eigenvalue weighted by atomic mass is 9.90. The summed E-state index contributed by atoms with van der Waals surface area (Å²) in [5.41, 5.74) is 6.81. The molecule has 0 bridgehead atoms. The summed E-state index contributed by atoms with van der Waals surface area (Å²) in [7, 11) is 0. The first-order chi connectivity index (χ1) is 14.7. The van der Waals surface area contributed by atoms with Crippen LogP contribution in [-0.2, 0) is 6.42 Å². The molecule has 152 valence electrons. The molecular weight excluding hydrogens is 364 g/mol. The Kier molecular flexibility index (Phi) is 6.50. The van der Waals surface area contributed by atoms with Gasteiger partial charge in [-0.25, -0.2) is 0 Å². The fraction of sp³-hybridized carbons (Fsp3) is 0.321. The van der Waals surface area contributed by atoms with Gasteiger partial charge in [-0.15, -0.1) is 0 Å². The molecule has 0 saturated carbocycles. The van der Waals surface area contributed by atoms with Gasteiger partial charge in [0.25, 0.3) is 0 Å². The van der Waals surface area contributed by atoms with Crippen molar-refractivity contribution in [3.63, 3.8) is 0 Å². The minimum absolute atomic E-state index is 0.174. The van der Waals surface area contributed by atoms with E-state index in [1.165, 1.54) is 41.6 Å². The summed E-state index contributed by atoms with van der Waals surface area (Å²) < 4.78 is 0. The highest BCUT2D eigenvalue weighted by Gasteiger charge is 2.12. The molecule has 2 aliphatic rings. The summed E-state index contributed by atoms with van der Waals surface area (Å²) >= 11 is 0. The molecule has 30 heavy (non-hydrogen) atoms. The third kappa shape index (κ3) is 5.30. The molecule has 0 aromatic heterocycles. The van der Waals surface area contributed by atoms with E-state index >= 15 is 0 Å². The smallest absolute Gasteiger partial charge is 0.0853 e. The fourth-order valence-electron chi connectivity index (χ4n) is 4.16. The van der Waals surface area contributed by atoms with Crippen molar-refractivity contribution >= 4 is 17.0 Å². The Morgan fingerprint density at radius 2 is 1.73 bits per heavy atom. The number of aryl methyl sites for hydroxylation is 1. The van der Waals surface area contributed by atoms with Crippen molar-refractivity contribution in [2.24, 2.45) is 5.92 Å². The molecule has 0 radical (unpaired) electrons. The van der Waals surface area contributed by atoms with E-state index in [0.29, 0.717) is 12.1 Å². The molecule has 1 N–H and O–H groups in total. The highest BCUT2D eigenvalue weighted by Crippen LogP contribution is 2.27.